The summed E-state index contributed by atoms with van der Waals surface area (Å²) in [6.07, 6.45) is 4.45. The van der Waals surface area contributed by atoms with Crippen LogP contribution < -0.4 is 9.62 Å². The number of hydrogen-bond donors (Lipinski definition) is 1. The van der Waals surface area contributed by atoms with Crippen LogP contribution >= 0.6 is 0 Å². The van der Waals surface area contributed by atoms with Gasteiger partial charge in [-0.3, -0.25) is 9.10 Å². The van der Waals surface area contributed by atoms with E-state index in [1.807, 2.05) is 19.9 Å². The van der Waals surface area contributed by atoms with Gasteiger partial charge in [0.05, 0.1) is 16.6 Å². The molecular formula is C27H29FN2O3S. The van der Waals surface area contributed by atoms with Gasteiger partial charge in [-0.25, -0.2) is 12.8 Å². The van der Waals surface area contributed by atoms with Crippen LogP contribution in [0.4, 0.5) is 10.1 Å². The van der Waals surface area contributed by atoms with Crippen LogP contribution in [0.25, 0.3) is 0 Å². The first kappa shape index (κ1) is 24.0. The minimum atomic E-state index is -4.17. The summed E-state index contributed by atoms with van der Waals surface area (Å²) < 4.78 is 42.3. The van der Waals surface area contributed by atoms with Crippen LogP contribution in [-0.2, 0) is 27.7 Å². The summed E-state index contributed by atoms with van der Waals surface area (Å²) in [5.41, 5.74) is 4.35. The summed E-state index contributed by atoms with van der Waals surface area (Å²) in [5, 5.41) is 2.89. The maximum Gasteiger partial charge on any atom is 0.264 e. The van der Waals surface area contributed by atoms with Gasteiger partial charge in [0.15, 0.2) is 0 Å². The Bertz CT molecular complexity index is 1290. The van der Waals surface area contributed by atoms with E-state index in [-0.39, 0.29) is 16.6 Å². The molecule has 7 heteroatoms. The topological polar surface area (TPSA) is 66.5 Å². The molecule has 4 rings (SSSR count). The first-order valence-electron chi connectivity index (χ1n) is 11.5. The average molecular weight is 481 g/mol. The fourth-order valence-electron chi connectivity index (χ4n) is 4.31. The molecule has 0 spiro atoms. The molecule has 3 aromatic rings. The third-order valence-corrected chi connectivity index (χ3v) is 8.04. The van der Waals surface area contributed by atoms with Gasteiger partial charge in [0, 0.05) is 0 Å². The van der Waals surface area contributed by atoms with Crippen molar-refractivity contribution >= 4 is 21.6 Å². The number of amides is 1. The molecule has 1 N–H and O–H groups in total. The maximum absolute atomic E-state index is 14.7. The standard InChI is InChI=1S/C27H29FN2O3S/c1-19-11-15-24(16-12-19)34(32,33)30(26-10-6-5-9-25(26)28)18-27(31)29-20(2)22-14-13-21-7-3-4-8-23(21)17-22/h5-6,9-17,20H,3-4,7-8,18H2,1-2H3,(H,29,31)/t20-/m1/s1. The van der Waals surface area contributed by atoms with Crippen molar-refractivity contribution in [2.45, 2.75) is 50.5 Å². The zero-order valence-corrected chi connectivity index (χ0v) is 20.2. The zero-order chi connectivity index (χ0) is 24.3. The lowest BCUT2D eigenvalue weighted by Gasteiger charge is -2.26. The molecule has 0 fully saturated rings. The Morgan fingerprint density at radius 3 is 2.38 bits per heavy atom. The van der Waals surface area contributed by atoms with Gasteiger partial charge in [0.2, 0.25) is 5.91 Å². The van der Waals surface area contributed by atoms with E-state index in [1.54, 1.807) is 18.2 Å². The third kappa shape index (κ3) is 5.14. The molecule has 178 valence electrons. The number of carbonyl (C=O) groups excluding carboxylic acids is 1. The first-order valence-corrected chi connectivity index (χ1v) is 12.9. The summed E-state index contributed by atoms with van der Waals surface area (Å²) in [4.78, 5) is 13.0. The number of fused-ring (bicyclic) bond motifs is 1. The largest absolute Gasteiger partial charge is 0.348 e. The highest BCUT2D eigenvalue weighted by Crippen LogP contribution is 2.27. The normalized spacial score (nSPS) is 14.2. The molecule has 1 aliphatic rings. The fraction of sp³-hybridized carbons (Fsp3) is 0.296. The highest BCUT2D eigenvalue weighted by Gasteiger charge is 2.29. The lowest BCUT2D eigenvalue weighted by atomic mass is 9.89. The van der Waals surface area contributed by atoms with Crippen molar-refractivity contribution < 1.29 is 17.6 Å². The second-order valence-corrected chi connectivity index (χ2v) is 10.7. The van der Waals surface area contributed by atoms with Crippen LogP contribution in [0.15, 0.2) is 71.6 Å². The van der Waals surface area contributed by atoms with Crippen LogP contribution in [0.1, 0.15) is 48.1 Å². The van der Waals surface area contributed by atoms with Crippen molar-refractivity contribution in [1.82, 2.24) is 5.32 Å². The molecule has 1 amide bonds. The maximum atomic E-state index is 14.7. The van der Waals surface area contributed by atoms with Gasteiger partial charge >= 0.3 is 0 Å². The Kier molecular flexibility index (Phi) is 7.03. The lowest BCUT2D eigenvalue weighted by Crippen LogP contribution is -2.42. The van der Waals surface area contributed by atoms with Gasteiger partial charge in [0.25, 0.3) is 10.0 Å². The first-order chi connectivity index (χ1) is 16.3. The Morgan fingerprint density at radius 2 is 1.68 bits per heavy atom. The molecule has 0 heterocycles. The van der Waals surface area contributed by atoms with Crippen molar-refractivity contribution in [3.8, 4) is 0 Å². The molecule has 0 unspecified atom stereocenters. The number of rotatable bonds is 7. The fourth-order valence-corrected chi connectivity index (χ4v) is 5.74. The summed E-state index contributed by atoms with van der Waals surface area (Å²) in [6.45, 7) is 3.18. The van der Waals surface area contributed by atoms with Crippen LogP contribution in [0, 0.1) is 12.7 Å². The van der Waals surface area contributed by atoms with Crippen molar-refractivity contribution in [1.29, 1.82) is 0 Å². The Morgan fingerprint density at radius 1 is 1.00 bits per heavy atom. The highest BCUT2D eigenvalue weighted by molar-refractivity contribution is 7.92. The summed E-state index contributed by atoms with van der Waals surface area (Å²) >= 11 is 0. The van der Waals surface area contributed by atoms with Gasteiger partial charge in [-0.1, -0.05) is 48.0 Å². The molecule has 3 aromatic carbocycles. The molecule has 0 aromatic heterocycles. The molecule has 0 bridgehead atoms. The van der Waals surface area contributed by atoms with E-state index in [9.17, 15) is 17.6 Å². The number of nitrogens with zero attached hydrogens (tertiary/aromatic N) is 1. The number of para-hydroxylation sites is 1. The molecule has 1 aliphatic carbocycles. The Balaban J connectivity index is 1.58. The predicted molar refractivity (Wildman–Crippen MR) is 132 cm³/mol. The molecule has 0 saturated heterocycles. The van der Waals surface area contributed by atoms with E-state index in [0.29, 0.717) is 0 Å². The van der Waals surface area contributed by atoms with E-state index in [4.69, 9.17) is 0 Å². The molecule has 0 aliphatic heterocycles. The van der Waals surface area contributed by atoms with Gasteiger partial charge in [-0.15, -0.1) is 0 Å². The Hall–Kier alpha value is -3.19. The number of sulfonamides is 1. The predicted octanol–water partition coefficient (Wildman–Crippen LogP) is 5.09. The van der Waals surface area contributed by atoms with Gasteiger partial charge in [-0.2, -0.15) is 0 Å². The Labute approximate surface area is 200 Å². The second kappa shape index (κ2) is 9.97. The number of benzene rings is 3. The van der Waals surface area contributed by atoms with Gasteiger partial charge in [0.1, 0.15) is 12.4 Å². The van der Waals surface area contributed by atoms with E-state index < -0.39 is 28.3 Å². The minimum Gasteiger partial charge on any atom is -0.348 e. The van der Waals surface area contributed by atoms with Gasteiger partial charge < -0.3 is 5.32 Å². The van der Waals surface area contributed by atoms with Crippen molar-refractivity contribution in [2.24, 2.45) is 0 Å². The summed E-state index contributed by atoms with van der Waals surface area (Å²) in [7, 11) is -4.17. The van der Waals surface area contributed by atoms with Crippen LogP contribution in [0.3, 0.4) is 0 Å². The molecule has 1 atom stereocenters. The van der Waals surface area contributed by atoms with Crippen molar-refractivity contribution in [3.05, 3.63) is 94.8 Å². The van der Waals surface area contributed by atoms with E-state index in [0.717, 1.165) is 34.7 Å². The van der Waals surface area contributed by atoms with Crippen molar-refractivity contribution in [3.63, 3.8) is 0 Å². The number of aryl methyl sites for hydroxylation is 3. The quantitative estimate of drug-likeness (QED) is 0.513. The average Bonchev–Trinajstić information content (AvgIpc) is 2.83. The second-order valence-electron chi connectivity index (χ2n) is 8.80. The van der Waals surface area contributed by atoms with Crippen LogP contribution in [-0.4, -0.2) is 20.9 Å². The SMILES string of the molecule is Cc1ccc(S(=O)(=O)N(CC(=O)N[C@H](C)c2ccc3c(c2)CCCC3)c2ccccc2F)cc1. The van der Waals surface area contributed by atoms with E-state index in [1.165, 1.54) is 47.9 Å². The number of hydrogen-bond acceptors (Lipinski definition) is 3. The lowest BCUT2D eigenvalue weighted by molar-refractivity contribution is -0.120. The van der Waals surface area contributed by atoms with E-state index in [2.05, 4.69) is 17.4 Å². The highest BCUT2D eigenvalue weighted by atomic mass is 32.2. The third-order valence-electron chi connectivity index (χ3n) is 6.27. The summed E-state index contributed by atoms with van der Waals surface area (Å²) in [6, 6.07) is 17.8. The van der Waals surface area contributed by atoms with Crippen LogP contribution in [0.2, 0.25) is 0 Å². The summed E-state index contributed by atoms with van der Waals surface area (Å²) in [5.74, 6) is -1.22. The van der Waals surface area contributed by atoms with Crippen molar-refractivity contribution in [2.75, 3.05) is 10.8 Å². The number of carbonyl (C=O) groups is 1. The number of halogens is 1. The molecule has 5 nitrogen and oxygen atoms in total. The van der Waals surface area contributed by atoms with E-state index >= 15 is 0 Å². The van der Waals surface area contributed by atoms with Gasteiger partial charge in [-0.05, 0) is 80.5 Å². The number of anilines is 1. The smallest absolute Gasteiger partial charge is 0.264 e. The molecule has 0 saturated carbocycles. The zero-order valence-electron chi connectivity index (χ0n) is 19.4. The van der Waals surface area contributed by atoms with Crippen LogP contribution in [0.5, 0.6) is 0 Å². The monoisotopic (exact) mass is 480 g/mol. The molecule has 0 radical (unpaired) electrons. The molecular weight excluding hydrogens is 451 g/mol. The number of nitrogens with one attached hydrogen (secondary N) is 1. The molecule has 34 heavy (non-hydrogen) atoms. The minimum absolute atomic E-state index is 0.00288.